The maximum atomic E-state index is 13.5. The Kier molecular flexibility index (Phi) is 4.10. The lowest BCUT2D eigenvalue weighted by Crippen LogP contribution is -2.22. The third-order valence-electron chi connectivity index (χ3n) is 5.31. The van der Waals surface area contributed by atoms with Crippen molar-refractivity contribution in [2.45, 2.75) is 13.8 Å². The molecule has 1 N–H and O–H groups in total. The van der Waals surface area contributed by atoms with Gasteiger partial charge in [0, 0.05) is 22.5 Å². The first-order valence-corrected chi connectivity index (χ1v) is 9.74. The van der Waals surface area contributed by atoms with Crippen LogP contribution in [0.5, 0.6) is 0 Å². The minimum absolute atomic E-state index is 0.166. The van der Waals surface area contributed by atoms with E-state index in [1.54, 1.807) is 10.6 Å². The van der Waals surface area contributed by atoms with Gasteiger partial charge in [-0.05, 0) is 50.2 Å². The summed E-state index contributed by atoms with van der Waals surface area (Å²) in [6, 6.07) is 22.3. The van der Waals surface area contributed by atoms with E-state index >= 15 is 0 Å². The van der Waals surface area contributed by atoms with Crippen molar-refractivity contribution < 1.29 is 0 Å². The third-order valence-corrected chi connectivity index (χ3v) is 5.31. The van der Waals surface area contributed by atoms with E-state index < -0.39 is 0 Å². The van der Waals surface area contributed by atoms with Gasteiger partial charge in [-0.15, -0.1) is 0 Å². The lowest BCUT2D eigenvalue weighted by atomic mass is 10.0. The average Bonchev–Trinajstić information content (AvgIpc) is 2.74. The highest BCUT2D eigenvalue weighted by molar-refractivity contribution is 5.94. The fraction of sp³-hybridized carbons (Fsp3) is 0.0800. The molecule has 5 heteroatoms. The van der Waals surface area contributed by atoms with Crippen molar-refractivity contribution in [3.05, 3.63) is 105 Å². The Labute approximate surface area is 172 Å². The van der Waals surface area contributed by atoms with Gasteiger partial charge in [-0.25, -0.2) is 4.98 Å². The molecule has 2 aromatic heterocycles. The maximum Gasteiger partial charge on any atom is 0.266 e. The van der Waals surface area contributed by atoms with E-state index in [0.29, 0.717) is 33.5 Å². The molecule has 0 saturated carbocycles. The van der Waals surface area contributed by atoms with Crippen LogP contribution in [0, 0.1) is 13.8 Å². The standard InChI is InChI=1S/C25H19N3O2/c1-15-7-10-17(11-8-15)28-24(27-21-6-4-3-5-18(21)25(28)30)20-14-23(29)26-22-12-9-16(2)13-19(20)22/h3-14H,1-2H3,(H,26,29). The van der Waals surface area contributed by atoms with Crippen LogP contribution in [0.25, 0.3) is 38.9 Å². The van der Waals surface area contributed by atoms with Crippen molar-refractivity contribution >= 4 is 21.8 Å². The smallest absolute Gasteiger partial charge is 0.266 e. The number of nitrogens with one attached hydrogen (secondary N) is 1. The van der Waals surface area contributed by atoms with Crippen LogP contribution in [-0.4, -0.2) is 14.5 Å². The molecular weight excluding hydrogens is 374 g/mol. The summed E-state index contributed by atoms with van der Waals surface area (Å²) < 4.78 is 1.60. The normalized spacial score (nSPS) is 11.3. The molecule has 0 atom stereocenters. The average molecular weight is 393 g/mol. The summed E-state index contributed by atoms with van der Waals surface area (Å²) in [5.74, 6) is 0.448. The number of nitrogens with zero attached hydrogens (tertiary/aromatic N) is 2. The van der Waals surface area contributed by atoms with Gasteiger partial charge in [0.2, 0.25) is 5.56 Å². The number of benzene rings is 3. The largest absolute Gasteiger partial charge is 0.322 e. The molecule has 0 aliphatic carbocycles. The Morgan fingerprint density at radius 2 is 1.53 bits per heavy atom. The van der Waals surface area contributed by atoms with Crippen molar-refractivity contribution in [1.82, 2.24) is 14.5 Å². The van der Waals surface area contributed by atoms with Crippen LogP contribution >= 0.6 is 0 Å². The predicted octanol–water partition coefficient (Wildman–Crippen LogP) is 4.51. The van der Waals surface area contributed by atoms with Crippen LogP contribution in [0.4, 0.5) is 0 Å². The first-order valence-electron chi connectivity index (χ1n) is 9.74. The molecule has 0 saturated heterocycles. The summed E-state index contributed by atoms with van der Waals surface area (Å²) in [7, 11) is 0. The topological polar surface area (TPSA) is 67.8 Å². The van der Waals surface area contributed by atoms with E-state index in [2.05, 4.69) is 4.98 Å². The van der Waals surface area contributed by atoms with Gasteiger partial charge < -0.3 is 4.98 Å². The van der Waals surface area contributed by atoms with E-state index in [0.717, 1.165) is 16.5 Å². The van der Waals surface area contributed by atoms with Gasteiger partial charge in [0.25, 0.3) is 5.56 Å². The number of aromatic nitrogens is 3. The van der Waals surface area contributed by atoms with E-state index in [9.17, 15) is 9.59 Å². The highest BCUT2D eigenvalue weighted by Gasteiger charge is 2.17. The Hall–Kier alpha value is -3.99. The van der Waals surface area contributed by atoms with E-state index in [-0.39, 0.29) is 11.1 Å². The van der Waals surface area contributed by atoms with Crippen molar-refractivity contribution in [1.29, 1.82) is 0 Å². The van der Waals surface area contributed by atoms with Gasteiger partial charge in [0.05, 0.1) is 16.6 Å². The van der Waals surface area contributed by atoms with Crippen LogP contribution in [0.3, 0.4) is 0 Å². The number of fused-ring (bicyclic) bond motifs is 2. The van der Waals surface area contributed by atoms with Gasteiger partial charge >= 0.3 is 0 Å². The number of pyridine rings is 1. The molecule has 0 radical (unpaired) electrons. The van der Waals surface area contributed by atoms with Crippen molar-refractivity contribution in [2.75, 3.05) is 0 Å². The molecule has 0 unspecified atom stereocenters. The number of aryl methyl sites for hydroxylation is 2. The molecule has 2 heterocycles. The lowest BCUT2D eigenvalue weighted by Gasteiger charge is -2.15. The molecule has 146 valence electrons. The number of rotatable bonds is 2. The van der Waals surface area contributed by atoms with Crippen molar-refractivity contribution in [3.8, 4) is 17.1 Å². The minimum Gasteiger partial charge on any atom is -0.322 e. The number of hydrogen-bond acceptors (Lipinski definition) is 3. The van der Waals surface area contributed by atoms with Crippen LogP contribution < -0.4 is 11.1 Å². The third kappa shape index (κ3) is 2.92. The molecule has 5 nitrogen and oxygen atoms in total. The zero-order chi connectivity index (χ0) is 20.8. The van der Waals surface area contributed by atoms with Crippen molar-refractivity contribution in [3.63, 3.8) is 0 Å². The fourth-order valence-corrected chi connectivity index (χ4v) is 3.80. The molecule has 0 amide bonds. The van der Waals surface area contributed by atoms with Gasteiger partial charge in [0.1, 0.15) is 5.82 Å². The first kappa shape index (κ1) is 18.1. The summed E-state index contributed by atoms with van der Waals surface area (Å²) in [4.78, 5) is 33.7. The molecule has 0 aliphatic rings. The summed E-state index contributed by atoms with van der Waals surface area (Å²) in [6.07, 6.45) is 0. The zero-order valence-electron chi connectivity index (χ0n) is 16.6. The SMILES string of the molecule is Cc1ccc(-n2c(-c3cc(=O)[nH]c4ccc(C)cc34)nc3ccccc3c2=O)cc1. The first-order chi connectivity index (χ1) is 14.5. The molecule has 0 bridgehead atoms. The van der Waals surface area contributed by atoms with Crippen molar-refractivity contribution in [2.24, 2.45) is 0 Å². The van der Waals surface area contributed by atoms with Crippen LogP contribution in [0.1, 0.15) is 11.1 Å². The van der Waals surface area contributed by atoms with Gasteiger partial charge in [0.15, 0.2) is 0 Å². The molecule has 5 aromatic rings. The second-order valence-corrected chi connectivity index (χ2v) is 7.52. The van der Waals surface area contributed by atoms with Gasteiger partial charge in [-0.3, -0.25) is 14.2 Å². The number of H-pyrrole nitrogens is 1. The Bertz CT molecular complexity index is 1540. The summed E-state index contributed by atoms with van der Waals surface area (Å²) in [5.41, 5.74) is 4.39. The number of aromatic amines is 1. The molecule has 3 aromatic carbocycles. The van der Waals surface area contributed by atoms with Gasteiger partial charge in [-0.2, -0.15) is 0 Å². The number of para-hydroxylation sites is 1. The Morgan fingerprint density at radius 1 is 0.800 bits per heavy atom. The second-order valence-electron chi connectivity index (χ2n) is 7.52. The summed E-state index contributed by atoms with van der Waals surface area (Å²) in [5, 5.41) is 1.38. The summed E-state index contributed by atoms with van der Waals surface area (Å²) >= 11 is 0. The van der Waals surface area contributed by atoms with E-state index in [4.69, 9.17) is 4.98 Å². The quantitative estimate of drug-likeness (QED) is 0.480. The highest BCUT2D eigenvalue weighted by Crippen LogP contribution is 2.28. The Balaban J connectivity index is 1.97. The van der Waals surface area contributed by atoms with Crippen LogP contribution in [0.15, 0.2) is 82.4 Å². The fourth-order valence-electron chi connectivity index (χ4n) is 3.80. The molecule has 0 aliphatic heterocycles. The maximum absolute atomic E-state index is 13.5. The predicted molar refractivity (Wildman–Crippen MR) is 120 cm³/mol. The molecule has 5 rings (SSSR count). The summed E-state index contributed by atoms with van der Waals surface area (Å²) in [6.45, 7) is 3.99. The second kappa shape index (κ2) is 6.81. The highest BCUT2D eigenvalue weighted by atomic mass is 16.1. The zero-order valence-corrected chi connectivity index (χ0v) is 16.6. The van der Waals surface area contributed by atoms with Crippen LogP contribution in [-0.2, 0) is 0 Å². The lowest BCUT2D eigenvalue weighted by molar-refractivity contribution is 0.975. The number of hydrogen-bond donors (Lipinski definition) is 1. The molecule has 30 heavy (non-hydrogen) atoms. The molecule has 0 fully saturated rings. The van der Waals surface area contributed by atoms with E-state index in [1.165, 1.54) is 6.07 Å². The van der Waals surface area contributed by atoms with Gasteiger partial charge in [-0.1, -0.05) is 41.5 Å². The Morgan fingerprint density at radius 3 is 2.33 bits per heavy atom. The van der Waals surface area contributed by atoms with Crippen LogP contribution in [0.2, 0.25) is 0 Å². The monoisotopic (exact) mass is 393 g/mol. The molecule has 0 spiro atoms. The minimum atomic E-state index is -0.237. The van der Waals surface area contributed by atoms with E-state index in [1.807, 2.05) is 74.5 Å². The molecular formula is C25H19N3O2.